The van der Waals surface area contributed by atoms with E-state index in [0.29, 0.717) is 28.2 Å². The maximum Gasteiger partial charge on any atom is 0.222 e. The van der Waals surface area contributed by atoms with Crippen LogP contribution in [0.2, 0.25) is 5.02 Å². The summed E-state index contributed by atoms with van der Waals surface area (Å²) < 4.78 is 5.59. The third kappa shape index (κ3) is 2.85. The molecule has 0 radical (unpaired) electrons. The first-order valence-electron chi connectivity index (χ1n) is 5.10. The number of nitrogens with two attached hydrogens (primary N) is 1. The van der Waals surface area contributed by atoms with Crippen LogP contribution in [0.5, 0.6) is 11.6 Å². The van der Waals surface area contributed by atoms with Crippen molar-refractivity contribution >= 4 is 17.3 Å². The molecule has 88 valence electrons. The zero-order valence-corrected chi connectivity index (χ0v) is 10.3. The summed E-state index contributed by atoms with van der Waals surface area (Å²) in [7, 11) is 0. The molecule has 2 N–H and O–H groups in total. The highest BCUT2D eigenvalue weighted by atomic mass is 35.5. The van der Waals surface area contributed by atoms with E-state index in [2.05, 4.69) is 9.97 Å². The SMILES string of the molecule is Cc1cc(Oc2cc(Cl)ccc2N)nc(C)n1. The maximum atomic E-state index is 5.88. The highest BCUT2D eigenvalue weighted by Gasteiger charge is 2.05. The fourth-order valence-electron chi connectivity index (χ4n) is 1.44. The predicted octanol–water partition coefficient (Wildman–Crippen LogP) is 3.12. The standard InChI is InChI=1S/C12H12ClN3O/c1-7-5-12(16-8(2)15-7)17-11-6-9(13)3-4-10(11)14/h3-6H,14H2,1-2H3. The monoisotopic (exact) mass is 249 g/mol. The van der Waals surface area contributed by atoms with Crippen molar-refractivity contribution in [2.45, 2.75) is 13.8 Å². The second-order valence-corrected chi connectivity index (χ2v) is 4.12. The van der Waals surface area contributed by atoms with Gasteiger partial charge in [0.15, 0.2) is 5.75 Å². The van der Waals surface area contributed by atoms with Crippen molar-refractivity contribution in [2.75, 3.05) is 5.73 Å². The van der Waals surface area contributed by atoms with Crippen LogP contribution in [-0.4, -0.2) is 9.97 Å². The quantitative estimate of drug-likeness (QED) is 0.831. The smallest absolute Gasteiger partial charge is 0.222 e. The maximum absolute atomic E-state index is 5.88. The summed E-state index contributed by atoms with van der Waals surface area (Å²) in [4.78, 5) is 8.34. The van der Waals surface area contributed by atoms with Crippen LogP contribution in [0.1, 0.15) is 11.5 Å². The molecule has 0 fully saturated rings. The lowest BCUT2D eigenvalue weighted by atomic mass is 10.3. The van der Waals surface area contributed by atoms with Gasteiger partial charge < -0.3 is 10.5 Å². The summed E-state index contributed by atoms with van der Waals surface area (Å²) in [6.45, 7) is 3.68. The lowest BCUT2D eigenvalue weighted by Crippen LogP contribution is -1.97. The lowest BCUT2D eigenvalue weighted by Gasteiger charge is -2.08. The topological polar surface area (TPSA) is 61.0 Å². The van der Waals surface area contributed by atoms with Crippen LogP contribution in [0.4, 0.5) is 5.69 Å². The Morgan fingerprint density at radius 3 is 2.65 bits per heavy atom. The van der Waals surface area contributed by atoms with Crippen LogP contribution < -0.4 is 10.5 Å². The Morgan fingerprint density at radius 1 is 1.18 bits per heavy atom. The minimum absolute atomic E-state index is 0.462. The molecule has 1 aromatic heterocycles. The number of nitrogen functional groups attached to an aromatic ring is 1. The van der Waals surface area contributed by atoms with Gasteiger partial charge in [0.25, 0.3) is 0 Å². The Labute approximate surface area is 104 Å². The number of hydrogen-bond donors (Lipinski definition) is 1. The van der Waals surface area contributed by atoms with Crippen LogP contribution in [-0.2, 0) is 0 Å². The molecule has 0 aliphatic heterocycles. The van der Waals surface area contributed by atoms with Crippen LogP contribution >= 0.6 is 11.6 Å². The molecule has 0 spiro atoms. The van der Waals surface area contributed by atoms with Crippen LogP contribution in [0.3, 0.4) is 0 Å². The Bertz CT molecular complexity index is 537. The van der Waals surface area contributed by atoms with Gasteiger partial charge in [-0.25, -0.2) is 4.98 Å². The first-order valence-corrected chi connectivity index (χ1v) is 5.47. The molecular formula is C12H12ClN3O. The Kier molecular flexibility index (Phi) is 3.15. The molecule has 1 heterocycles. The van der Waals surface area contributed by atoms with Crippen LogP contribution in [0.15, 0.2) is 24.3 Å². The summed E-state index contributed by atoms with van der Waals surface area (Å²) in [6.07, 6.45) is 0. The van der Waals surface area contributed by atoms with Gasteiger partial charge in [0.1, 0.15) is 5.82 Å². The third-order valence-electron chi connectivity index (χ3n) is 2.13. The number of nitrogens with zero attached hydrogens (tertiary/aromatic N) is 2. The van der Waals surface area contributed by atoms with Crippen molar-refractivity contribution in [1.29, 1.82) is 0 Å². The van der Waals surface area contributed by atoms with Crippen molar-refractivity contribution in [1.82, 2.24) is 9.97 Å². The second kappa shape index (κ2) is 4.59. The average molecular weight is 250 g/mol. The Balaban J connectivity index is 2.34. The van der Waals surface area contributed by atoms with Crippen LogP contribution in [0.25, 0.3) is 0 Å². The van der Waals surface area contributed by atoms with Gasteiger partial charge in [0, 0.05) is 22.8 Å². The van der Waals surface area contributed by atoms with Crippen molar-refractivity contribution < 1.29 is 4.74 Å². The van der Waals surface area contributed by atoms with E-state index >= 15 is 0 Å². The number of aryl methyl sites for hydroxylation is 2. The van der Waals surface area contributed by atoms with Gasteiger partial charge in [-0.3, -0.25) is 0 Å². The van der Waals surface area contributed by atoms with Gasteiger partial charge in [0.05, 0.1) is 5.69 Å². The zero-order chi connectivity index (χ0) is 12.4. The molecule has 0 saturated heterocycles. The van der Waals surface area contributed by atoms with E-state index in [1.165, 1.54) is 0 Å². The second-order valence-electron chi connectivity index (χ2n) is 3.68. The lowest BCUT2D eigenvalue weighted by molar-refractivity contribution is 0.461. The van der Waals surface area contributed by atoms with E-state index in [1.807, 2.05) is 6.92 Å². The minimum Gasteiger partial charge on any atom is -0.437 e. The first-order chi connectivity index (χ1) is 8.04. The molecule has 0 amide bonds. The van der Waals surface area contributed by atoms with E-state index in [0.717, 1.165) is 5.69 Å². The Morgan fingerprint density at radius 2 is 1.94 bits per heavy atom. The molecule has 0 atom stereocenters. The fraction of sp³-hybridized carbons (Fsp3) is 0.167. The van der Waals surface area contributed by atoms with Gasteiger partial charge in [0.2, 0.25) is 5.88 Å². The van der Waals surface area contributed by atoms with E-state index in [-0.39, 0.29) is 0 Å². The molecule has 17 heavy (non-hydrogen) atoms. The summed E-state index contributed by atoms with van der Waals surface area (Å²) in [6, 6.07) is 6.80. The van der Waals surface area contributed by atoms with Gasteiger partial charge >= 0.3 is 0 Å². The highest BCUT2D eigenvalue weighted by molar-refractivity contribution is 6.30. The molecule has 2 aromatic rings. The number of rotatable bonds is 2. The number of anilines is 1. The van der Waals surface area contributed by atoms with Gasteiger partial charge in [-0.2, -0.15) is 4.98 Å². The molecule has 0 saturated carbocycles. The third-order valence-corrected chi connectivity index (χ3v) is 2.37. The normalized spacial score (nSPS) is 10.3. The van der Waals surface area contributed by atoms with Gasteiger partial charge in [-0.05, 0) is 26.0 Å². The number of halogens is 1. The summed E-state index contributed by atoms with van der Waals surface area (Å²) in [5.74, 6) is 1.61. The number of hydrogen-bond acceptors (Lipinski definition) is 4. The molecule has 1 aromatic carbocycles. The average Bonchev–Trinajstić information content (AvgIpc) is 2.22. The summed E-state index contributed by atoms with van der Waals surface area (Å²) in [5, 5.41) is 0.566. The molecule has 4 nitrogen and oxygen atoms in total. The van der Waals surface area contributed by atoms with E-state index in [4.69, 9.17) is 22.1 Å². The van der Waals surface area contributed by atoms with E-state index < -0.39 is 0 Å². The van der Waals surface area contributed by atoms with Crippen molar-refractivity contribution in [3.63, 3.8) is 0 Å². The van der Waals surface area contributed by atoms with E-state index in [9.17, 15) is 0 Å². The molecule has 0 aliphatic rings. The Hall–Kier alpha value is -1.81. The summed E-state index contributed by atoms with van der Waals surface area (Å²) >= 11 is 5.88. The molecule has 0 bridgehead atoms. The summed E-state index contributed by atoms with van der Waals surface area (Å²) in [5.41, 5.74) is 7.14. The number of benzene rings is 1. The molecule has 0 unspecified atom stereocenters. The number of ether oxygens (including phenoxy) is 1. The fourth-order valence-corrected chi connectivity index (χ4v) is 1.61. The molecule has 5 heteroatoms. The molecule has 2 rings (SSSR count). The minimum atomic E-state index is 0.462. The van der Waals surface area contributed by atoms with E-state index in [1.54, 1.807) is 31.2 Å². The van der Waals surface area contributed by atoms with Crippen molar-refractivity contribution in [3.05, 3.63) is 40.8 Å². The van der Waals surface area contributed by atoms with Crippen molar-refractivity contribution in [2.24, 2.45) is 0 Å². The van der Waals surface area contributed by atoms with Gasteiger partial charge in [-0.1, -0.05) is 11.6 Å². The predicted molar refractivity (Wildman–Crippen MR) is 67.4 cm³/mol. The van der Waals surface area contributed by atoms with Crippen molar-refractivity contribution in [3.8, 4) is 11.6 Å². The number of aromatic nitrogens is 2. The van der Waals surface area contributed by atoms with Crippen LogP contribution in [0, 0.1) is 13.8 Å². The largest absolute Gasteiger partial charge is 0.437 e. The highest BCUT2D eigenvalue weighted by Crippen LogP contribution is 2.29. The van der Waals surface area contributed by atoms with Gasteiger partial charge in [-0.15, -0.1) is 0 Å². The molecule has 0 aliphatic carbocycles. The first kappa shape index (κ1) is 11.7. The molecular weight excluding hydrogens is 238 g/mol. The zero-order valence-electron chi connectivity index (χ0n) is 9.57.